The molecule has 1 saturated heterocycles. The third-order valence-corrected chi connectivity index (χ3v) is 6.37. The maximum absolute atomic E-state index is 14.0. The van der Waals surface area contributed by atoms with Crippen molar-refractivity contribution < 1.29 is 18.5 Å². The number of hydrogen-bond acceptors (Lipinski definition) is 5. The van der Waals surface area contributed by atoms with E-state index in [2.05, 4.69) is 15.5 Å². The van der Waals surface area contributed by atoms with Crippen molar-refractivity contribution in [2.24, 2.45) is 5.92 Å². The van der Waals surface area contributed by atoms with Crippen molar-refractivity contribution in [2.75, 3.05) is 0 Å². The number of nitrogens with one attached hydrogen (secondary N) is 1. The van der Waals surface area contributed by atoms with Crippen LogP contribution in [-0.4, -0.2) is 33.0 Å². The lowest BCUT2D eigenvalue weighted by molar-refractivity contribution is -0.137. The third-order valence-electron chi connectivity index (χ3n) is 6.37. The summed E-state index contributed by atoms with van der Waals surface area (Å²) in [5.41, 5.74) is 2.35. The number of halogens is 1. The van der Waals surface area contributed by atoms with Crippen molar-refractivity contribution in [1.82, 2.24) is 20.4 Å². The molecule has 1 aliphatic heterocycles. The van der Waals surface area contributed by atoms with Gasteiger partial charge in [-0.2, -0.15) is 4.98 Å². The molecule has 0 spiro atoms. The number of benzene rings is 2. The first-order chi connectivity index (χ1) is 15.5. The first-order valence-corrected chi connectivity index (χ1v) is 10.8. The molecule has 3 unspecified atom stereocenters. The molecule has 2 fully saturated rings. The van der Waals surface area contributed by atoms with E-state index in [1.54, 1.807) is 18.2 Å². The van der Waals surface area contributed by atoms with E-state index in [1.165, 1.54) is 6.07 Å². The van der Waals surface area contributed by atoms with Crippen LogP contribution in [0.5, 0.6) is 0 Å². The van der Waals surface area contributed by atoms with Gasteiger partial charge in [-0.25, -0.2) is 9.18 Å². The van der Waals surface area contributed by atoms with E-state index < -0.39 is 11.8 Å². The van der Waals surface area contributed by atoms with Crippen LogP contribution in [0, 0.1) is 18.7 Å². The average Bonchev–Trinajstić information content (AvgIpc) is 3.28. The highest BCUT2D eigenvalue weighted by molar-refractivity contribution is 5.98. The summed E-state index contributed by atoms with van der Waals surface area (Å²) in [6.45, 7) is 1.94. The van der Waals surface area contributed by atoms with Crippen LogP contribution < -0.4 is 5.32 Å². The molecular weight excluding hydrogens is 411 g/mol. The summed E-state index contributed by atoms with van der Waals surface area (Å²) in [7, 11) is 0. The van der Waals surface area contributed by atoms with Gasteiger partial charge in [-0.3, -0.25) is 9.69 Å². The average molecular weight is 434 g/mol. The Morgan fingerprint density at radius 3 is 2.69 bits per heavy atom. The molecule has 2 heterocycles. The summed E-state index contributed by atoms with van der Waals surface area (Å²) in [4.78, 5) is 31.4. The van der Waals surface area contributed by atoms with E-state index in [0.29, 0.717) is 36.5 Å². The predicted molar refractivity (Wildman–Crippen MR) is 114 cm³/mol. The zero-order chi connectivity index (χ0) is 22.2. The second kappa shape index (κ2) is 8.18. The fourth-order valence-electron chi connectivity index (χ4n) is 4.55. The highest BCUT2D eigenvalue weighted by atomic mass is 19.1. The van der Waals surface area contributed by atoms with E-state index in [-0.39, 0.29) is 30.3 Å². The van der Waals surface area contributed by atoms with Gasteiger partial charge in [0.1, 0.15) is 5.82 Å². The first kappa shape index (κ1) is 20.4. The fraction of sp³-hybridized carbons (Fsp3) is 0.333. The number of carbonyl (C=O) groups excluding carboxylic acids is 2. The molecule has 5 rings (SSSR count). The number of aryl methyl sites for hydroxylation is 1. The molecular formula is C24H23FN4O3. The van der Waals surface area contributed by atoms with Crippen LogP contribution in [0.1, 0.15) is 42.2 Å². The normalized spacial score (nSPS) is 23.1. The Kier molecular flexibility index (Phi) is 5.20. The molecule has 2 aliphatic rings. The van der Waals surface area contributed by atoms with Gasteiger partial charge in [-0.05, 0) is 32.3 Å². The standard InChI is InChI=1S/C24H23FN4O3/c1-14-6-8-15(9-7-14)21-27-22(32-28-21)16-10-11-18-20(12-16)26-24(31)29(23(18)30)13-17-4-2-3-5-19(17)25/h2-9,16,18,20H,10-13H2,1H3,(H,26,31). The number of urea groups is 1. The molecule has 164 valence electrons. The lowest BCUT2D eigenvalue weighted by Crippen LogP contribution is -2.61. The highest BCUT2D eigenvalue weighted by Gasteiger charge is 2.45. The molecule has 3 amide bonds. The van der Waals surface area contributed by atoms with Gasteiger partial charge in [0.2, 0.25) is 17.6 Å². The third kappa shape index (κ3) is 3.77. The molecule has 3 aromatic rings. The summed E-state index contributed by atoms with van der Waals surface area (Å²) in [5.74, 6) is -0.00753. The maximum atomic E-state index is 14.0. The van der Waals surface area contributed by atoms with E-state index in [0.717, 1.165) is 16.0 Å². The van der Waals surface area contributed by atoms with Crippen molar-refractivity contribution in [3.63, 3.8) is 0 Å². The van der Waals surface area contributed by atoms with Gasteiger partial charge in [0.15, 0.2) is 0 Å². The molecule has 0 radical (unpaired) electrons. The maximum Gasteiger partial charge on any atom is 0.324 e. The van der Waals surface area contributed by atoms with Crippen LogP contribution in [0.15, 0.2) is 53.1 Å². The summed E-state index contributed by atoms with van der Waals surface area (Å²) in [5, 5.41) is 7.05. The van der Waals surface area contributed by atoms with Gasteiger partial charge >= 0.3 is 6.03 Å². The highest BCUT2D eigenvalue weighted by Crippen LogP contribution is 2.38. The van der Waals surface area contributed by atoms with Gasteiger partial charge in [-0.15, -0.1) is 0 Å². The predicted octanol–water partition coefficient (Wildman–Crippen LogP) is 4.19. The first-order valence-electron chi connectivity index (χ1n) is 10.8. The lowest BCUT2D eigenvalue weighted by atomic mass is 9.76. The fourth-order valence-corrected chi connectivity index (χ4v) is 4.55. The molecule has 32 heavy (non-hydrogen) atoms. The Labute approximate surface area is 184 Å². The second-order valence-electron chi connectivity index (χ2n) is 8.51. The number of carbonyl (C=O) groups is 2. The van der Waals surface area contributed by atoms with Crippen LogP contribution in [0.2, 0.25) is 0 Å². The Bertz CT molecular complexity index is 1160. The molecule has 1 aromatic heterocycles. The zero-order valence-electron chi connectivity index (χ0n) is 17.6. The monoisotopic (exact) mass is 434 g/mol. The molecule has 1 saturated carbocycles. The second-order valence-corrected chi connectivity index (χ2v) is 8.51. The van der Waals surface area contributed by atoms with Crippen LogP contribution in [-0.2, 0) is 11.3 Å². The zero-order valence-corrected chi connectivity index (χ0v) is 17.6. The van der Waals surface area contributed by atoms with Gasteiger partial charge < -0.3 is 9.84 Å². The van der Waals surface area contributed by atoms with Crippen molar-refractivity contribution in [3.8, 4) is 11.4 Å². The minimum atomic E-state index is -0.494. The Morgan fingerprint density at radius 1 is 1.12 bits per heavy atom. The van der Waals surface area contributed by atoms with Crippen LogP contribution in [0.25, 0.3) is 11.4 Å². The molecule has 8 heteroatoms. The van der Waals surface area contributed by atoms with E-state index in [4.69, 9.17) is 4.52 Å². The number of aromatic nitrogens is 2. The van der Waals surface area contributed by atoms with Gasteiger partial charge in [-0.1, -0.05) is 53.2 Å². The smallest absolute Gasteiger partial charge is 0.324 e. The summed E-state index contributed by atoms with van der Waals surface area (Å²) >= 11 is 0. The molecule has 3 atom stereocenters. The van der Waals surface area contributed by atoms with Gasteiger partial charge in [0.25, 0.3) is 0 Å². The van der Waals surface area contributed by atoms with Crippen LogP contribution in [0.3, 0.4) is 0 Å². The van der Waals surface area contributed by atoms with E-state index in [1.807, 2.05) is 31.2 Å². The minimum absolute atomic E-state index is 0.0332. The van der Waals surface area contributed by atoms with Crippen LogP contribution in [0.4, 0.5) is 9.18 Å². The minimum Gasteiger partial charge on any atom is -0.339 e. The SMILES string of the molecule is Cc1ccc(-c2noc(C3CCC4C(=O)N(Cc5ccccc5F)C(=O)NC4C3)n2)cc1. The number of amides is 3. The Morgan fingerprint density at radius 2 is 1.91 bits per heavy atom. The van der Waals surface area contributed by atoms with E-state index >= 15 is 0 Å². The molecule has 2 aromatic carbocycles. The number of hydrogen-bond donors (Lipinski definition) is 1. The van der Waals surface area contributed by atoms with Crippen LogP contribution >= 0.6 is 0 Å². The van der Waals surface area contributed by atoms with E-state index in [9.17, 15) is 14.0 Å². The molecule has 1 N–H and O–H groups in total. The summed E-state index contributed by atoms with van der Waals surface area (Å²) < 4.78 is 19.5. The summed E-state index contributed by atoms with van der Waals surface area (Å²) in [6.07, 6.45) is 1.83. The molecule has 7 nitrogen and oxygen atoms in total. The van der Waals surface area contributed by atoms with Gasteiger partial charge in [0.05, 0.1) is 12.5 Å². The Hall–Kier alpha value is -3.55. The number of rotatable bonds is 4. The van der Waals surface area contributed by atoms with Crippen molar-refractivity contribution in [2.45, 2.75) is 44.7 Å². The lowest BCUT2D eigenvalue weighted by Gasteiger charge is -2.41. The largest absolute Gasteiger partial charge is 0.339 e. The molecule has 1 aliphatic carbocycles. The molecule has 0 bridgehead atoms. The number of fused-ring (bicyclic) bond motifs is 1. The van der Waals surface area contributed by atoms with Crippen molar-refractivity contribution in [1.29, 1.82) is 0 Å². The van der Waals surface area contributed by atoms with Crippen molar-refractivity contribution in [3.05, 3.63) is 71.4 Å². The topological polar surface area (TPSA) is 88.3 Å². The quantitative estimate of drug-likeness (QED) is 0.665. The number of imide groups is 1. The van der Waals surface area contributed by atoms with Gasteiger partial charge in [0, 0.05) is 23.1 Å². The summed E-state index contributed by atoms with van der Waals surface area (Å²) in [6, 6.07) is 13.3. The Balaban J connectivity index is 1.29. The number of nitrogens with zero attached hydrogens (tertiary/aromatic N) is 3. The van der Waals surface area contributed by atoms with Crippen molar-refractivity contribution >= 4 is 11.9 Å².